The quantitative estimate of drug-likeness (QED) is 0.562. The molecule has 14 heavy (non-hydrogen) atoms. The molecule has 2 rings (SSSR count). The van der Waals surface area contributed by atoms with Gasteiger partial charge in [-0.05, 0) is 25.2 Å². The minimum absolute atomic E-state index is 0.344. The van der Waals surface area contributed by atoms with Crippen LogP contribution in [0.25, 0.3) is 0 Å². The lowest BCUT2D eigenvalue weighted by Gasteiger charge is -2.05. The molecule has 0 unspecified atom stereocenters. The Labute approximate surface area is 86.9 Å². The fourth-order valence-electron chi connectivity index (χ4n) is 1.15. The van der Waals surface area contributed by atoms with Gasteiger partial charge in [0.25, 0.3) is 0 Å². The zero-order valence-corrected chi connectivity index (χ0v) is 8.71. The summed E-state index contributed by atoms with van der Waals surface area (Å²) < 4.78 is 5.54. The molecule has 0 N–H and O–H groups in total. The van der Waals surface area contributed by atoms with Gasteiger partial charge in [-0.1, -0.05) is 0 Å². The van der Waals surface area contributed by atoms with Crippen molar-refractivity contribution in [3.05, 3.63) is 17.8 Å². The largest absolute Gasteiger partial charge is 0.489 e. The van der Waals surface area contributed by atoms with Crippen molar-refractivity contribution in [2.24, 2.45) is 0 Å². The van der Waals surface area contributed by atoms with Gasteiger partial charge in [0.15, 0.2) is 6.29 Å². The first kappa shape index (κ1) is 9.52. The van der Waals surface area contributed by atoms with Crippen molar-refractivity contribution in [1.29, 1.82) is 0 Å². The van der Waals surface area contributed by atoms with E-state index in [4.69, 9.17) is 4.74 Å². The molecule has 1 aromatic rings. The van der Waals surface area contributed by atoms with Crippen molar-refractivity contribution in [3.63, 3.8) is 0 Å². The van der Waals surface area contributed by atoms with Crippen LogP contribution in [0, 0.1) is 0 Å². The summed E-state index contributed by atoms with van der Waals surface area (Å²) in [5, 5.41) is 0.753. The van der Waals surface area contributed by atoms with Crippen LogP contribution in [0.1, 0.15) is 23.2 Å². The minimum atomic E-state index is 0.344. The lowest BCUT2D eigenvalue weighted by molar-refractivity contribution is 0.111. The molecule has 1 aromatic heterocycles. The second-order valence-electron chi connectivity index (χ2n) is 3.20. The molecular weight excluding hydrogens is 198 g/mol. The molecule has 3 nitrogen and oxygen atoms in total. The van der Waals surface area contributed by atoms with Gasteiger partial charge in [0.05, 0.1) is 17.9 Å². The summed E-state index contributed by atoms with van der Waals surface area (Å²) in [5.41, 5.74) is 0.607. The van der Waals surface area contributed by atoms with Gasteiger partial charge in [0, 0.05) is 0 Å². The molecule has 1 saturated carbocycles. The van der Waals surface area contributed by atoms with E-state index in [0.29, 0.717) is 17.4 Å². The first-order valence-electron chi connectivity index (χ1n) is 4.49. The predicted octanol–water partition coefficient (Wildman–Crippen LogP) is 2.16. The topological polar surface area (TPSA) is 39.2 Å². The van der Waals surface area contributed by atoms with Crippen LogP contribution in [-0.4, -0.2) is 23.6 Å². The van der Waals surface area contributed by atoms with Crippen molar-refractivity contribution in [3.8, 4) is 5.75 Å². The molecule has 0 atom stereocenters. The Hall–Kier alpha value is -1.03. The smallest absolute Gasteiger partial charge is 0.152 e. The van der Waals surface area contributed by atoms with Gasteiger partial charge in [0.1, 0.15) is 10.8 Å². The monoisotopic (exact) mass is 209 g/mol. The van der Waals surface area contributed by atoms with E-state index in [1.54, 1.807) is 12.3 Å². The number of rotatable bonds is 4. The average Bonchev–Trinajstić information content (AvgIpc) is 3.01. The number of hydrogen-bond donors (Lipinski definition) is 0. The summed E-state index contributed by atoms with van der Waals surface area (Å²) >= 11 is 1.47. The summed E-state index contributed by atoms with van der Waals surface area (Å²) in [6.45, 7) is 0. The molecule has 0 saturated heterocycles. The fraction of sp³-hybridized carbons (Fsp3) is 0.400. The van der Waals surface area contributed by atoms with Crippen LogP contribution in [0.5, 0.6) is 5.75 Å². The molecule has 1 heterocycles. The van der Waals surface area contributed by atoms with Crippen molar-refractivity contribution in [2.45, 2.75) is 24.0 Å². The van der Waals surface area contributed by atoms with Crippen molar-refractivity contribution in [2.75, 3.05) is 6.26 Å². The highest BCUT2D eigenvalue weighted by molar-refractivity contribution is 7.98. The number of ether oxygens (including phenoxy) is 1. The summed E-state index contributed by atoms with van der Waals surface area (Å²) in [7, 11) is 0. The fourth-order valence-corrected chi connectivity index (χ4v) is 1.65. The van der Waals surface area contributed by atoms with Gasteiger partial charge in [-0.2, -0.15) is 0 Å². The number of carbonyl (C=O) groups excluding carboxylic acids is 1. The Balaban J connectivity index is 2.21. The molecule has 0 spiro atoms. The van der Waals surface area contributed by atoms with E-state index in [9.17, 15) is 4.79 Å². The Morgan fingerprint density at radius 3 is 3.00 bits per heavy atom. The highest BCUT2D eigenvalue weighted by Gasteiger charge is 2.23. The standard InChI is InChI=1S/C10H11NO2S/c1-14-10-7(6-12)4-9(5-11-10)13-8-2-3-8/h4-6,8H,2-3H2,1H3. The van der Waals surface area contributed by atoms with E-state index < -0.39 is 0 Å². The number of aromatic nitrogens is 1. The normalized spacial score (nSPS) is 15.2. The SMILES string of the molecule is CSc1ncc(OC2CC2)cc1C=O. The summed E-state index contributed by atoms with van der Waals surface area (Å²) in [6.07, 6.45) is 6.96. The Kier molecular flexibility index (Phi) is 2.72. The van der Waals surface area contributed by atoms with E-state index in [2.05, 4.69) is 4.98 Å². The van der Waals surface area contributed by atoms with Crippen LogP contribution in [0.3, 0.4) is 0 Å². The maximum atomic E-state index is 10.7. The van der Waals surface area contributed by atoms with Crippen LogP contribution in [0.4, 0.5) is 0 Å². The third-order valence-electron chi connectivity index (χ3n) is 2.00. The van der Waals surface area contributed by atoms with E-state index in [-0.39, 0.29) is 0 Å². The minimum Gasteiger partial charge on any atom is -0.489 e. The third kappa shape index (κ3) is 2.07. The van der Waals surface area contributed by atoms with Gasteiger partial charge >= 0.3 is 0 Å². The van der Waals surface area contributed by atoms with Gasteiger partial charge in [0.2, 0.25) is 0 Å². The molecule has 0 bridgehead atoms. The number of thioether (sulfide) groups is 1. The van der Waals surface area contributed by atoms with Crippen LogP contribution in [-0.2, 0) is 0 Å². The Bertz CT molecular complexity index is 350. The van der Waals surface area contributed by atoms with Crippen molar-refractivity contribution >= 4 is 18.0 Å². The van der Waals surface area contributed by atoms with Crippen LogP contribution < -0.4 is 4.74 Å². The summed E-state index contributed by atoms with van der Waals surface area (Å²) in [6, 6.07) is 1.75. The molecule has 0 amide bonds. The summed E-state index contributed by atoms with van der Waals surface area (Å²) in [4.78, 5) is 14.9. The Morgan fingerprint density at radius 2 is 2.43 bits per heavy atom. The number of carbonyl (C=O) groups is 1. The lowest BCUT2D eigenvalue weighted by Crippen LogP contribution is -1.98. The molecule has 74 valence electrons. The number of nitrogens with zero attached hydrogens (tertiary/aromatic N) is 1. The second-order valence-corrected chi connectivity index (χ2v) is 4.00. The highest BCUT2D eigenvalue weighted by Crippen LogP contribution is 2.28. The van der Waals surface area contributed by atoms with E-state index in [0.717, 1.165) is 24.2 Å². The number of pyridine rings is 1. The molecular formula is C10H11NO2S. The maximum Gasteiger partial charge on any atom is 0.152 e. The molecule has 0 radical (unpaired) electrons. The van der Waals surface area contributed by atoms with Crippen LogP contribution in [0.2, 0.25) is 0 Å². The van der Waals surface area contributed by atoms with Crippen LogP contribution >= 0.6 is 11.8 Å². The number of aldehydes is 1. The molecule has 4 heteroatoms. The third-order valence-corrected chi connectivity index (χ3v) is 2.73. The molecule has 1 aliphatic rings. The predicted molar refractivity (Wildman–Crippen MR) is 55.1 cm³/mol. The Morgan fingerprint density at radius 1 is 1.64 bits per heavy atom. The van der Waals surface area contributed by atoms with Gasteiger partial charge < -0.3 is 4.74 Å². The second kappa shape index (κ2) is 4.00. The van der Waals surface area contributed by atoms with E-state index in [1.807, 2.05) is 6.26 Å². The van der Waals surface area contributed by atoms with Gasteiger partial charge in [-0.3, -0.25) is 4.79 Å². The zero-order chi connectivity index (χ0) is 9.97. The molecule has 1 aliphatic carbocycles. The van der Waals surface area contributed by atoms with E-state index in [1.165, 1.54) is 11.8 Å². The molecule has 1 fully saturated rings. The van der Waals surface area contributed by atoms with E-state index >= 15 is 0 Å². The first-order chi connectivity index (χ1) is 6.83. The zero-order valence-electron chi connectivity index (χ0n) is 7.90. The van der Waals surface area contributed by atoms with Crippen molar-refractivity contribution < 1.29 is 9.53 Å². The van der Waals surface area contributed by atoms with Crippen LogP contribution in [0.15, 0.2) is 17.3 Å². The highest BCUT2D eigenvalue weighted by atomic mass is 32.2. The maximum absolute atomic E-state index is 10.7. The number of hydrogen-bond acceptors (Lipinski definition) is 4. The van der Waals surface area contributed by atoms with Gasteiger partial charge in [-0.15, -0.1) is 11.8 Å². The summed E-state index contributed by atoms with van der Waals surface area (Å²) in [5.74, 6) is 0.701. The first-order valence-corrected chi connectivity index (χ1v) is 5.72. The average molecular weight is 209 g/mol. The van der Waals surface area contributed by atoms with Crippen molar-refractivity contribution in [1.82, 2.24) is 4.98 Å². The molecule has 0 aliphatic heterocycles. The van der Waals surface area contributed by atoms with Gasteiger partial charge in [-0.25, -0.2) is 4.98 Å². The molecule has 0 aromatic carbocycles. The lowest BCUT2D eigenvalue weighted by atomic mass is 10.3.